The Kier molecular flexibility index (Phi) is 15.3. The van der Waals surface area contributed by atoms with E-state index in [-0.39, 0.29) is 80.4 Å². The largest absolute Gasteiger partial charge is 0.495 e. The highest BCUT2D eigenvalue weighted by Gasteiger charge is 2.34. The summed E-state index contributed by atoms with van der Waals surface area (Å²) in [5.74, 6) is 1.03. The first kappa shape index (κ1) is 56.6. The molecule has 0 unspecified atom stereocenters. The number of methoxy groups -OCH3 is 3. The number of H-pyrrole nitrogens is 1. The monoisotopic (exact) mass is 1190 g/mol. The summed E-state index contributed by atoms with van der Waals surface area (Å²) in [4.78, 5) is 13.5. The summed E-state index contributed by atoms with van der Waals surface area (Å²) in [6, 6.07) is 22.9. The fourth-order valence-corrected chi connectivity index (χ4v) is 13.7. The second kappa shape index (κ2) is 23.0. The molecule has 2 N–H and O–H groups in total. The lowest BCUT2D eigenvalue weighted by atomic mass is 10.0. The van der Waals surface area contributed by atoms with Gasteiger partial charge in [-0.3, -0.25) is 20.3 Å². The van der Waals surface area contributed by atoms with Crippen molar-refractivity contribution in [3.05, 3.63) is 127 Å². The predicted molar refractivity (Wildman–Crippen MR) is 313 cm³/mol. The highest BCUT2D eigenvalue weighted by atomic mass is 32.2. The van der Waals surface area contributed by atoms with Crippen molar-refractivity contribution in [3.8, 4) is 62.7 Å². The summed E-state index contributed by atoms with van der Waals surface area (Å²) in [6.07, 6.45) is 6.23. The Hall–Kier alpha value is -8.86. The standard InChI is InChI=1S/C58H60N14O11S2/c1-33-13-15-42(16-14-33)84(73,74)71-49-21-39(18-44(46(49)26-62-71)56-67-65-54(83-56)32-70-29-36(4)81-37(5)30-70)40-20-48(57(78-7)59-23-40)68-72(85(75,76)52-12-10-9-11-51(52)77-6)50-22-41(24-60-58(50)79-8)38-17-43(45-25-61-63-47(45)19-38)55-66-64-53(82-55)31-69-27-34(2)80-35(3)28-69/h9-26,34-37,68H,27-32H2,1-8H3,(H,61,63)/t34-,35+,36-,37+. The van der Waals surface area contributed by atoms with Gasteiger partial charge in [-0.1, -0.05) is 29.8 Å². The topological polar surface area (TPSA) is 286 Å². The normalized spacial score (nSPS) is 18.0. The van der Waals surface area contributed by atoms with Crippen molar-refractivity contribution in [1.29, 1.82) is 0 Å². The van der Waals surface area contributed by atoms with Crippen LogP contribution in [0.1, 0.15) is 45.0 Å². The van der Waals surface area contributed by atoms with Gasteiger partial charge in [0.25, 0.3) is 20.0 Å². The highest BCUT2D eigenvalue weighted by molar-refractivity contribution is 7.93. The number of fused-ring (bicyclic) bond motifs is 2. The van der Waals surface area contributed by atoms with Crippen LogP contribution in [0.25, 0.3) is 67.0 Å². The smallest absolute Gasteiger partial charge is 0.285 e. The van der Waals surface area contributed by atoms with Crippen molar-refractivity contribution in [2.24, 2.45) is 0 Å². The Balaban J connectivity index is 0.970. The van der Waals surface area contributed by atoms with Crippen LogP contribution < -0.4 is 24.1 Å². The third-order valence-electron chi connectivity index (χ3n) is 14.6. The van der Waals surface area contributed by atoms with Gasteiger partial charge in [0.15, 0.2) is 0 Å². The number of hydrogen-bond acceptors (Lipinski definition) is 22. The van der Waals surface area contributed by atoms with Gasteiger partial charge >= 0.3 is 0 Å². The zero-order valence-corrected chi connectivity index (χ0v) is 49.3. The van der Waals surface area contributed by atoms with Crippen molar-refractivity contribution in [2.75, 3.05) is 57.3 Å². The molecule has 27 heteroatoms. The summed E-state index contributed by atoms with van der Waals surface area (Å²) in [5, 5.41) is 30.7. The van der Waals surface area contributed by atoms with Gasteiger partial charge in [-0.25, -0.2) is 9.97 Å². The minimum Gasteiger partial charge on any atom is -0.495 e. The first-order valence-electron chi connectivity index (χ1n) is 27.2. The highest BCUT2D eigenvalue weighted by Crippen LogP contribution is 2.42. The number of anilines is 2. The van der Waals surface area contributed by atoms with E-state index in [0.717, 1.165) is 14.1 Å². The number of sulfonamides is 1. The number of nitrogens with zero attached hydrogens (tertiary/aromatic N) is 12. The van der Waals surface area contributed by atoms with E-state index in [9.17, 15) is 8.42 Å². The lowest BCUT2D eigenvalue weighted by molar-refractivity contribution is -0.0724. The molecule has 2 saturated heterocycles. The molecule has 25 nitrogen and oxygen atoms in total. The number of para-hydroxylation sites is 1. The molecule has 2 fully saturated rings. The van der Waals surface area contributed by atoms with E-state index in [1.807, 2.05) is 46.8 Å². The first-order chi connectivity index (χ1) is 40.9. The van der Waals surface area contributed by atoms with Crippen LogP contribution in [0.5, 0.6) is 17.5 Å². The zero-order chi connectivity index (χ0) is 59.3. The number of pyridine rings is 2. The molecule has 8 heterocycles. The van der Waals surface area contributed by atoms with Crippen LogP contribution >= 0.6 is 0 Å². The van der Waals surface area contributed by atoms with Crippen LogP contribution in [0.15, 0.2) is 128 Å². The molecule has 85 heavy (non-hydrogen) atoms. The van der Waals surface area contributed by atoms with Crippen LogP contribution in [0.3, 0.4) is 0 Å². The number of aryl methyl sites for hydroxylation is 1. The Morgan fingerprint density at radius 2 is 1.21 bits per heavy atom. The number of nitrogens with one attached hydrogen (secondary N) is 2. The number of aromatic nitrogens is 10. The molecule has 4 atom stereocenters. The number of aromatic amines is 1. The lowest BCUT2D eigenvalue weighted by Gasteiger charge is -2.34. The number of hydrogen-bond donors (Lipinski definition) is 2. The lowest BCUT2D eigenvalue weighted by Crippen LogP contribution is -2.44. The maximum atomic E-state index is 15.6. The van der Waals surface area contributed by atoms with E-state index in [1.54, 1.807) is 60.9 Å². The fraction of sp³-hybridized carbons (Fsp3) is 0.310. The van der Waals surface area contributed by atoms with Crippen LogP contribution in [0.4, 0.5) is 11.4 Å². The van der Waals surface area contributed by atoms with Gasteiger partial charge in [-0.2, -0.15) is 35.5 Å². The van der Waals surface area contributed by atoms with E-state index in [4.69, 9.17) is 32.5 Å². The molecule has 0 radical (unpaired) electrons. The molecule has 12 rings (SSSR count). The average molecular weight is 1190 g/mol. The maximum Gasteiger partial charge on any atom is 0.285 e. The Labute approximate surface area is 488 Å². The van der Waals surface area contributed by atoms with Gasteiger partial charge in [-0.15, -0.1) is 20.4 Å². The van der Waals surface area contributed by atoms with Crippen molar-refractivity contribution >= 4 is 53.2 Å². The summed E-state index contributed by atoms with van der Waals surface area (Å²) in [6.45, 7) is 13.4. The van der Waals surface area contributed by atoms with Gasteiger partial charge in [0.2, 0.25) is 35.3 Å². The summed E-state index contributed by atoms with van der Waals surface area (Å²) >= 11 is 0. The molecule has 2 aliphatic heterocycles. The van der Waals surface area contributed by atoms with Gasteiger partial charge in [0.05, 0.1) is 98.3 Å². The zero-order valence-electron chi connectivity index (χ0n) is 47.6. The molecule has 0 saturated carbocycles. The summed E-state index contributed by atoms with van der Waals surface area (Å²) in [7, 11) is -4.90. The van der Waals surface area contributed by atoms with Crippen LogP contribution in [0.2, 0.25) is 0 Å². The molecular weight excluding hydrogens is 1130 g/mol. The first-order valence-corrected chi connectivity index (χ1v) is 30.1. The van der Waals surface area contributed by atoms with E-state index in [0.29, 0.717) is 101 Å². The quantitative estimate of drug-likeness (QED) is 0.0766. The molecule has 0 bridgehead atoms. The van der Waals surface area contributed by atoms with Crippen molar-refractivity contribution in [2.45, 2.75) is 81.9 Å². The number of rotatable bonds is 18. The van der Waals surface area contributed by atoms with Crippen molar-refractivity contribution in [3.63, 3.8) is 0 Å². The van der Waals surface area contributed by atoms with E-state index >= 15 is 8.42 Å². The fourth-order valence-electron chi connectivity index (χ4n) is 11.0. The van der Waals surface area contributed by atoms with E-state index < -0.39 is 20.0 Å². The van der Waals surface area contributed by atoms with E-state index in [1.165, 1.54) is 58.0 Å². The molecule has 0 spiro atoms. The Morgan fingerprint density at radius 3 is 1.82 bits per heavy atom. The van der Waals surface area contributed by atoms with Crippen molar-refractivity contribution in [1.82, 2.24) is 59.5 Å². The Morgan fingerprint density at radius 1 is 0.635 bits per heavy atom. The Bertz CT molecular complexity index is 4320. The molecule has 2 aliphatic rings. The van der Waals surface area contributed by atoms with Gasteiger partial charge in [0.1, 0.15) is 22.0 Å². The van der Waals surface area contributed by atoms with E-state index in [2.05, 4.69) is 60.9 Å². The molecule has 0 aliphatic carbocycles. The van der Waals surface area contributed by atoms with Crippen LogP contribution in [-0.2, 0) is 42.6 Å². The minimum absolute atomic E-state index is 0.00546. The molecular formula is C58H60N14O11S2. The minimum atomic E-state index is -4.74. The number of hydrazine groups is 1. The van der Waals surface area contributed by atoms with Crippen molar-refractivity contribution < 1.29 is 49.4 Å². The third kappa shape index (κ3) is 11.2. The summed E-state index contributed by atoms with van der Waals surface area (Å²) < 4.78 is 104. The number of morpholine rings is 2. The van der Waals surface area contributed by atoms with Gasteiger partial charge in [-0.05, 0) is 106 Å². The third-order valence-corrected chi connectivity index (χ3v) is 17.9. The summed E-state index contributed by atoms with van der Waals surface area (Å²) in [5.41, 5.74) is 7.48. The number of benzene rings is 4. The van der Waals surface area contributed by atoms with Gasteiger partial charge < -0.3 is 32.5 Å². The molecule has 440 valence electrons. The van der Waals surface area contributed by atoms with Gasteiger partial charge in [0, 0.05) is 60.5 Å². The van der Waals surface area contributed by atoms with Crippen LogP contribution in [0, 0.1) is 6.92 Å². The second-order valence-electron chi connectivity index (χ2n) is 21.1. The molecule has 10 aromatic rings. The predicted octanol–water partition coefficient (Wildman–Crippen LogP) is 8.15. The molecule has 4 aromatic carbocycles. The van der Waals surface area contributed by atoms with Crippen LogP contribution in [-0.4, -0.2) is 148 Å². The molecule has 6 aromatic heterocycles. The second-order valence-corrected chi connectivity index (χ2v) is 24.6. The maximum absolute atomic E-state index is 15.6. The SMILES string of the molecule is COc1ccccc1S(=O)(=O)N(Nc1cc(-c2cc(-c3nnc(CN4C[C@@H](C)O[C@@H](C)C4)o3)c3cnn(S(=O)(=O)c4ccc(C)cc4)c3c2)cnc1OC)c1cc(-c2cc(-c3nnc(CN4C[C@@H](C)O[C@@H](C)C4)o3)c3cn[nH]c3c2)cnc1OC. The number of ether oxygens (including phenoxy) is 5. The average Bonchev–Trinajstić information content (AvgIpc) is 2.62. The molecule has 0 amide bonds.